The van der Waals surface area contributed by atoms with Gasteiger partial charge < -0.3 is 11.1 Å². The van der Waals surface area contributed by atoms with E-state index in [2.05, 4.69) is 35.5 Å². The van der Waals surface area contributed by atoms with Crippen molar-refractivity contribution < 1.29 is 18.1 Å². The predicted octanol–water partition coefficient (Wildman–Crippen LogP) is 5.60. The number of alkyl halides is 3. The highest BCUT2D eigenvalue weighted by atomic mass is 19.4. The van der Waals surface area contributed by atoms with E-state index in [1.54, 1.807) is 30.3 Å². The highest BCUT2D eigenvalue weighted by Crippen LogP contribution is 2.40. The molecular formula is C21H14F3N9O2. The first-order chi connectivity index (χ1) is 16.7. The zero-order valence-corrected chi connectivity index (χ0v) is 17.5. The second-order valence-electron chi connectivity index (χ2n) is 6.87. The van der Waals surface area contributed by atoms with Gasteiger partial charge in [-0.05, 0) is 18.2 Å². The van der Waals surface area contributed by atoms with Gasteiger partial charge in [-0.1, -0.05) is 18.2 Å². The van der Waals surface area contributed by atoms with Crippen molar-refractivity contribution in [3.63, 3.8) is 0 Å². The van der Waals surface area contributed by atoms with E-state index < -0.39 is 28.0 Å². The second-order valence-corrected chi connectivity index (χ2v) is 6.87. The molecule has 0 bridgehead atoms. The minimum atomic E-state index is -4.91. The summed E-state index contributed by atoms with van der Waals surface area (Å²) in [7, 11) is 0. The SMILES string of the molecule is Nc1nc(-c2cnccn2)nc(Nc2ccccc2)c1/N=N/c1ccc([N+](=O)[O-])cc1C(F)(F)F. The van der Waals surface area contributed by atoms with Crippen LogP contribution in [0.3, 0.4) is 0 Å². The van der Waals surface area contributed by atoms with E-state index in [0.29, 0.717) is 17.4 Å². The van der Waals surface area contributed by atoms with Gasteiger partial charge in [0.2, 0.25) is 0 Å². The molecule has 0 spiro atoms. The number of nitrogens with one attached hydrogen (secondary N) is 1. The summed E-state index contributed by atoms with van der Waals surface area (Å²) in [6.45, 7) is 0. The molecule has 0 saturated carbocycles. The molecule has 0 fully saturated rings. The number of azo groups is 1. The molecule has 0 amide bonds. The molecule has 0 aliphatic heterocycles. The molecule has 0 aliphatic rings. The van der Waals surface area contributed by atoms with Crippen LogP contribution in [0.1, 0.15) is 5.56 Å². The van der Waals surface area contributed by atoms with Crippen molar-refractivity contribution in [1.29, 1.82) is 0 Å². The lowest BCUT2D eigenvalue weighted by molar-refractivity contribution is -0.385. The zero-order chi connectivity index (χ0) is 25.0. The number of para-hydroxylation sites is 1. The first-order valence-electron chi connectivity index (χ1n) is 9.75. The van der Waals surface area contributed by atoms with Gasteiger partial charge >= 0.3 is 6.18 Å². The highest BCUT2D eigenvalue weighted by Gasteiger charge is 2.35. The minimum Gasteiger partial charge on any atom is -0.382 e. The number of rotatable bonds is 6. The van der Waals surface area contributed by atoms with Crippen molar-refractivity contribution in [2.24, 2.45) is 10.2 Å². The number of aromatic nitrogens is 4. The fourth-order valence-electron chi connectivity index (χ4n) is 2.90. The highest BCUT2D eigenvalue weighted by molar-refractivity contribution is 5.78. The Morgan fingerprint density at radius 3 is 2.46 bits per heavy atom. The van der Waals surface area contributed by atoms with E-state index >= 15 is 0 Å². The van der Waals surface area contributed by atoms with Crippen LogP contribution >= 0.6 is 0 Å². The number of halogens is 3. The topological polar surface area (TPSA) is 157 Å². The molecule has 2 heterocycles. The van der Waals surface area contributed by atoms with E-state index in [1.807, 2.05) is 0 Å². The van der Waals surface area contributed by atoms with E-state index in [1.165, 1.54) is 18.6 Å². The fourth-order valence-corrected chi connectivity index (χ4v) is 2.90. The standard InChI is InChI=1S/C21H14F3N9O2/c22-21(23,24)14-10-13(33(34)35)6-7-15(14)31-32-17-18(25)29-19(16-11-26-8-9-27-16)30-20(17)28-12-4-2-1-3-5-12/h1-11H,(H3,25,28,29,30)/b32-31+. The Balaban J connectivity index is 1.81. The summed E-state index contributed by atoms with van der Waals surface area (Å²) < 4.78 is 40.5. The monoisotopic (exact) mass is 481 g/mol. The van der Waals surface area contributed by atoms with E-state index in [-0.39, 0.29) is 23.1 Å². The van der Waals surface area contributed by atoms with Gasteiger partial charge in [0.05, 0.1) is 22.4 Å². The molecule has 4 rings (SSSR count). The molecular weight excluding hydrogens is 467 g/mol. The Bertz CT molecular complexity index is 1400. The Hall–Kier alpha value is -5.01. The third-order valence-electron chi connectivity index (χ3n) is 4.49. The lowest BCUT2D eigenvalue weighted by Gasteiger charge is -2.12. The van der Waals surface area contributed by atoms with Crippen molar-refractivity contribution >= 4 is 34.4 Å². The first-order valence-corrected chi connectivity index (χ1v) is 9.75. The average Bonchev–Trinajstić information content (AvgIpc) is 2.84. The number of nitrogens with zero attached hydrogens (tertiary/aromatic N) is 7. The van der Waals surface area contributed by atoms with Gasteiger partial charge in [-0.15, -0.1) is 10.2 Å². The molecule has 3 N–H and O–H groups in total. The van der Waals surface area contributed by atoms with Crippen molar-refractivity contribution in [3.05, 3.63) is 82.8 Å². The lowest BCUT2D eigenvalue weighted by atomic mass is 10.1. The van der Waals surface area contributed by atoms with Crippen molar-refractivity contribution in [3.8, 4) is 11.5 Å². The fraction of sp³-hybridized carbons (Fsp3) is 0.0476. The zero-order valence-electron chi connectivity index (χ0n) is 17.5. The van der Waals surface area contributed by atoms with Crippen LogP contribution in [-0.4, -0.2) is 24.9 Å². The van der Waals surface area contributed by atoms with Crippen LogP contribution in [0.5, 0.6) is 0 Å². The molecule has 0 unspecified atom stereocenters. The van der Waals surface area contributed by atoms with Crippen LogP contribution < -0.4 is 11.1 Å². The summed E-state index contributed by atoms with van der Waals surface area (Å²) in [4.78, 5) is 26.5. The number of hydrogen-bond acceptors (Lipinski definition) is 10. The maximum Gasteiger partial charge on any atom is 0.418 e. The normalized spacial score (nSPS) is 11.5. The van der Waals surface area contributed by atoms with Gasteiger partial charge in [-0.25, -0.2) is 15.0 Å². The summed E-state index contributed by atoms with van der Waals surface area (Å²) in [5.74, 6) is -0.0545. The number of benzene rings is 2. The third kappa shape index (κ3) is 5.32. The minimum absolute atomic E-state index is 0.0450. The summed E-state index contributed by atoms with van der Waals surface area (Å²) in [5.41, 5.74) is 4.08. The van der Waals surface area contributed by atoms with Crippen LogP contribution in [-0.2, 0) is 6.18 Å². The van der Waals surface area contributed by atoms with E-state index in [4.69, 9.17) is 5.73 Å². The lowest BCUT2D eigenvalue weighted by Crippen LogP contribution is -2.06. The van der Waals surface area contributed by atoms with Crippen LogP contribution in [0.2, 0.25) is 0 Å². The molecule has 35 heavy (non-hydrogen) atoms. The molecule has 14 heteroatoms. The molecule has 2 aromatic carbocycles. The largest absolute Gasteiger partial charge is 0.418 e. The Kier molecular flexibility index (Phi) is 6.26. The number of non-ortho nitro benzene ring substituents is 1. The predicted molar refractivity (Wildman–Crippen MR) is 119 cm³/mol. The molecule has 176 valence electrons. The number of anilines is 3. The van der Waals surface area contributed by atoms with E-state index in [9.17, 15) is 23.3 Å². The van der Waals surface area contributed by atoms with Gasteiger partial charge in [0.25, 0.3) is 5.69 Å². The number of nitro benzene ring substituents is 1. The summed E-state index contributed by atoms with van der Waals surface area (Å²) in [6.07, 6.45) is -0.612. The van der Waals surface area contributed by atoms with Gasteiger partial charge in [-0.3, -0.25) is 15.1 Å². The van der Waals surface area contributed by atoms with Crippen LogP contribution in [0.15, 0.2) is 77.3 Å². The molecule has 0 radical (unpaired) electrons. The Labute approximate surface area is 194 Å². The van der Waals surface area contributed by atoms with Crippen LogP contribution in [0.4, 0.5) is 47.6 Å². The molecule has 0 aliphatic carbocycles. The number of nitrogen functional groups attached to an aromatic ring is 1. The summed E-state index contributed by atoms with van der Waals surface area (Å²) in [5, 5.41) is 21.4. The Morgan fingerprint density at radius 1 is 1.03 bits per heavy atom. The number of hydrogen-bond donors (Lipinski definition) is 2. The van der Waals surface area contributed by atoms with Gasteiger partial charge in [-0.2, -0.15) is 13.2 Å². The summed E-state index contributed by atoms with van der Waals surface area (Å²) in [6, 6.07) is 10.9. The quantitative estimate of drug-likeness (QED) is 0.205. The molecule has 11 nitrogen and oxygen atoms in total. The third-order valence-corrected chi connectivity index (χ3v) is 4.49. The molecule has 4 aromatic rings. The summed E-state index contributed by atoms with van der Waals surface area (Å²) >= 11 is 0. The average molecular weight is 481 g/mol. The van der Waals surface area contributed by atoms with Gasteiger partial charge in [0, 0.05) is 30.2 Å². The maximum absolute atomic E-state index is 13.5. The number of nitro groups is 1. The number of nitrogens with two attached hydrogens (primary N) is 1. The smallest absolute Gasteiger partial charge is 0.382 e. The molecule has 0 saturated heterocycles. The van der Waals surface area contributed by atoms with Crippen molar-refractivity contribution in [1.82, 2.24) is 19.9 Å². The molecule has 2 aromatic heterocycles. The molecule has 0 atom stereocenters. The van der Waals surface area contributed by atoms with Crippen LogP contribution in [0, 0.1) is 10.1 Å². The van der Waals surface area contributed by atoms with Crippen molar-refractivity contribution in [2.75, 3.05) is 11.1 Å². The van der Waals surface area contributed by atoms with Crippen molar-refractivity contribution in [2.45, 2.75) is 6.18 Å². The second kappa shape index (κ2) is 9.46. The Morgan fingerprint density at radius 2 is 1.80 bits per heavy atom. The van der Waals surface area contributed by atoms with Crippen LogP contribution in [0.25, 0.3) is 11.5 Å². The van der Waals surface area contributed by atoms with Gasteiger partial charge in [0.1, 0.15) is 5.69 Å². The van der Waals surface area contributed by atoms with E-state index in [0.717, 1.165) is 12.1 Å². The first kappa shape index (κ1) is 23.2. The van der Waals surface area contributed by atoms with Gasteiger partial charge in [0.15, 0.2) is 23.1 Å². The maximum atomic E-state index is 13.5.